The van der Waals surface area contributed by atoms with E-state index in [-0.39, 0.29) is 17.5 Å². The molecule has 0 atom stereocenters. The fraction of sp³-hybridized carbons (Fsp3) is 0.400. The summed E-state index contributed by atoms with van der Waals surface area (Å²) in [6.07, 6.45) is 2.19. The zero-order valence-electron chi connectivity index (χ0n) is 12.8. The lowest BCUT2D eigenvalue weighted by Gasteiger charge is -2.16. The van der Waals surface area contributed by atoms with Crippen LogP contribution in [0.25, 0.3) is 0 Å². The van der Waals surface area contributed by atoms with Crippen molar-refractivity contribution in [3.8, 4) is 0 Å². The van der Waals surface area contributed by atoms with Gasteiger partial charge in [-0.05, 0) is 30.5 Å². The molecule has 1 aliphatic carbocycles. The summed E-state index contributed by atoms with van der Waals surface area (Å²) in [6.45, 7) is 0.433. The summed E-state index contributed by atoms with van der Waals surface area (Å²) in [5.74, 6) is 7.06. The number of benzene rings is 1. The molecule has 6 nitrogen and oxygen atoms in total. The van der Waals surface area contributed by atoms with Gasteiger partial charge in [0, 0.05) is 19.5 Å². The van der Waals surface area contributed by atoms with Crippen LogP contribution >= 0.6 is 11.8 Å². The lowest BCUT2D eigenvalue weighted by atomic mass is 10.2. The summed E-state index contributed by atoms with van der Waals surface area (Å²) < 4.78 is 14.4. The van der Waals surface area contributed by atoms with Crippen LogP contribution in [-0.2, 0) is 11.3 Å². The van der Waals surface area contributed by atoms with Crippen molar-refractivity contribution in [1.29, 1.82) is 0 Å². The van der Waals surface area contributed by atoms with Crippen LogP contribution < -0.4 is 5.84 Å². The van der Waals surface area contributed by atoms with Crippen LogP contribution in [0.5, 0.6) is 0 Å². The van der Waals surface area contributed by atoms with E-state index in [0.29, 0.717) is 17.6 Å². The first-order valence-electron chi connectivity index (χ1n) is 7.36. The van der Waals surface area contributed by atoms with Crippen molar-refractivity contribution < 1.29 is 9.18 Å². The van der Waals surface area contributed by atoms with E-state index in [1.165, 1.54) is 28.6 Å². The molecule has 0 bridgehead atoms. The van der Waals surface area contributed by atoms with E-state index in [1.807, 2.05) is 0 Å². The first-order chi connectivity index (χ1) is 11.0. The van der Waals surface area contributed by atoms with Crippen LogP contribution in [0.3, 0.4) is 0 Å². The number of halogens is 1. The molecule has 0 spiro atoms. The molecule has 122 valence electrons. The lowest BCUT2D eigenvalue weighted by molar-refractivity contribution is -0.127. The zero-order valence-corrected chi connectivity index (χ0v) is 13.6. The van der Waals surface area contributed by atoms with E-state index in [4.69, 9.17) is 5.84 Å². The van der Waals surface area contributed by atoms with Crippen molar-refractivity contribution in [1.82, 2.24) is 19.8 Å². The fourth-order valence-corrected chi connectivity index (χ4v) is 3.00. The number of nitrogens with zero attached hydrogens (tertiary/aromatic N) is 4. The Morgan fingerprint density at radius 3 is 2.74 bits per heavy atom. The van der Waals surface area contributed by atoms with Gasteiger partial charge < -0.3 is 10.7 Å². The van der Waals surface area contributed by atoms with Gasteiger partial charge in [0.2, 0.25) is 11.1 Å². The monoisotopic (exact) mass is 335 g/mol. The van der Waals surface area contributed by atoms with Crippen molar-refractivity contribution in [2.45, 2.75) is 30.5 Å². The Bertz CT molecular complexity index is 698. The molecule has 1 saturated carbocycles. The van der Waals surface area contributed by atoms with Gasteiger partial charge in [-0.15, -0.1) is 10.2 Å². The van der Waals surface area contributed by atoms with Crippen molar-refractivity contribution in [2.24, 2.45) is 0 Å². The quantitative estimate of drug-likeness (QED) is 0.643. The maximum atomic E-state index is 12.9. The van der Waals surface area contributed by atoms with Crippen LogP contribution in [0.15, 0.2) is 29.4 Å². The predicted molar refractivity (Wildman–Crippen MR) is 85.7 cm³/mol. The molecule has 1 aromatic heterocycles. The van der Waals surface area contributed by atoms with E-state index in [2.05, 4.69) is 10.2 Å². The lowest BCUT2D eigenvalue weighted by Crippen LogP contribution is -2.28. The molecular weight excluding hydrogens is 317 g/mol. The molecule has 1 fully saturated rings. The topological polar surface area (TPSA) is 77.0 Å². The summed E-state index contributed by atoms with van der Waals surface area (Å²) in [5, 5.41) is 8.68. The third-order valence-electron chi connectivity index (χ3n) is 3.72. The van der Waals surface area contributed by atoms with E-state index in [1.54, 1.807) is 24.1 Å². The molecule has 1 aliphatic rings. The number of carbonyl (C=O) groups is 1. The maximum Gasteiger partial charge on any atom is 0.233 e. The molecule has 8 heteroatoms. The van der Waals surface area contributed by atoms with Crippen molar-refractivity contribution in [3.05, 3.63) is 41.5 Å². The van der Waals surface area contributed by atoms with Gasteiger partial charge in [0.1, 0.15) is 5.82 Å². The van der Waals surface area contributed by atoms with E-state index < -0.39 is 0 Å². The molecule has 1 aromatic carbocycles. The van der Waals surface area contributed by atoms with Gasteiger partial charge in [-0.25, -0.2) is 9.07 Å². The molecule has 1 amide bonds. The number of amides is 1. The Morgan fingerprint density at radius 1 is 1.39 bits per heavy atom. The largest absolute Gasteiger partial charge is 0.341 e. The zero-order chi connectivity index (χ0) is 16.4. The highest BCUT2D eigenvalue weighted by Crippen LogP contribution is 2.39. The minimum absolute atomic E-state index is 0.0460. The van der Waals surface area contributed by atoms with Gasteiger partial charge in [0.05, 0.1) is 5.75 Å². The van der Waals surface area contributed by atoms with Crippen LogP contribution in [0.4, 0.5) is 4.39 Å². The predicted octanol–water partition coefficient (Wildman–Crippen LogP) is 1.76. The van der Waals surface area contributed by atoms with Crippen molar-refractivity contribution >= 4 is 17.7 Å². The second-order valence-corrected chi connectivity index (χ2v) is 6.59. The van der Waals surface area contributed by atoms with Crippen molar-refractivity contribution in [3.63, 3.8) is 0 Å². The van der Waals surface area contributed by atoms with Gasteiger partial charge in [-0.1, -0.05) is 23.9 Å². The smallest absolute Gasteiger partial charge is 0.233 e. The molecule has 0 aliphatic heterocycles. The Hall–Kier alpha value is -2.09. The maximum absolute atomic E-state index is 12.9. The SMILES string of the molecule is CN(Cc1ccc(F)cc1)C(=O)CSc1nnc(C2CC2)n1N. The molecule has 2 aromatic rings. The van der Waals surface area contributed by atoms with E-state index >= 15 is 0 Å². The highest BCUT2D eigenvalue weighted by atomic mass is 32.2. The van der Waals surface area contributed by atoms with Crippen molar-refractivity contribution in [2.75, 3.05) is 18.6 Å². The molecule has 0 radical (unpaired) electrons. The van der Waals surface area contributed by atoms with Gasteiger partial charge in [0.25, 0.3) is 0 Å². The molecule has 0 saturated heterocycles. The molecular formula is C15H18FN5OS. The Labute approximate surface area is 137 Å². The fourth-order valence-electron chi connectivity index (χ4n) is 2.19. The standard InChI is InChI=1S/C15H18FN5OS/c1-20(8-10-2-6-12(16)7-3-10)13(22)9-23-15-19-18-14(21(15)17)11-4-5-11/h2-3,6-7,11H,4-5,8-9,17H2,1H3. The normalized spacial score (nSPS) is 14.0. The number of hydrogen-bond donors (Lipinski definition) is 1. The summed E-state index contributed by atoms with van der Waals surface area (Å²) in [6, 6.07) is 6.12. The average molecular weight is 335 g/mol. The van der Waals surface area contributed by atoms with Gasteiger partial charge in [0.15, 0.2) is 5.82 Å². The Morgan fingerprint density at radius 2 is 2.09 bits per heavy atom. The van der Waals surface area contributed by atoms with Crippen LogP contribution in [-0.4, -0.2) is 38.5 Å². The summed E-state index contributed by atoms with van der Waals surface area (Å²) in [7, 11) is 1.72. The highest BCUT2D eigenvalue weighted by Gasteiger charge is 2.30. The number of carbonyl (C=O) groups excluding carboxylic acids is 1. The first kappa shape index (κ1) is 15.8. The minimum atomic E-state index is -0.285. The molecule has 23 heavy (non-hydrogen) atoms. The summed E-state index contributed by atoms with van der Waals surface area (Å²) >= 11 is 1.28. The number of hydrogen-bond acceptors (Lipinski definition) is 5. The molecule has 3 rings (SSSR count). The van der Waals surface area contributed by atoms with Crippen LogP contribution in [0.2, 0.25) is 0 Å². The summed E-state index contributed by atoms with van der Waals surface area (Å²) in [5.41, 5.74) is 0.880. The third kappa shape index (κ3) is 3.82. The number of nitrogens with two attached hydrogens (primary N) is 1. The van der Waals surface area contributed by atoms with Gasteiger partial charge >= 0.3 is 0 Å². The molecule has 2 N–H and O–H groups in total. The Kier molecular flexibility index (Phi) is 4.51. The molecule has 0 unspecified atom stereocenters. The average Bonchev–Trinajstić information content (AvgIpc) is 3.31. The minimum Gasteiger partial charge on any atom is -0.341 e. The second kappa shape index (κ2) is 6.57. The second-order valence-electron chi connectivity index (χ2n) is 5.65. The van der Waals surface area contributed by atoms with Crippen LogP contribution in [0.1, 0.15) is 30.1 Å². The third-order valence-corrected chi connectivity index (χ3v) is 4.64. The van der Waals surface area contributed by atoms with Crippen LogP contribution in [0, 0.1) is 5.82 Å². The van der Waals surface area contributed by atoms with E-state index in [0.717, 1.165) is 24.2 Å². The first-order valence-corrected chi connectivity index (χ1v) is 8.34. The molecule has 1 heterocycles. The van der Waals surface area contributed by atoms with E-state index in [9.17, 15) is 9.18 Å². The Balaban J connectivity index is 1.53. The number of thioether (sulfide) groups is 1. The highest BCUT2D eigenvalue weighted by molar-refractivity contribution is 7.99. The van der Waals surface area contributed by atoms with Gasteiger partial charge in [-0.3, -0.25) is 4.79 Å². The number of aromatic nitrogens is 3. The van der Waals surface area contributed by atoms with Gasteiger partial charge in [-0.2, -0.15) is 0 Å². The number of nitrogen functional groups attached to an aromatic ring is 1. The summed E-state index contributed by atoms with van der Waals surface area (Å²) in [4.78, 5) is 13.8. The number of rotatable bonds is 6.